The minimum atomic E-state index is -0.247. The van der Waals surface area contributed by atoms with E-state index in [9.17, 15) is 4.79 Å². The van der Waals surface area contributed by atoms with Gasteiger partial charge in [-0.3, -0.25) is 4.79 Å². The molecule has 5 aromatic rings. The molecule has 0 aliphatic heterocycles. The summed E-state index contributed by atoms with van der Waals surface area (Å²) in [4.78, 5) is 26.7. The summed E-state index contributed by atoms with van der Waals surface area (Å²) in [5.41, 5.74) is 4.28. The van der Waals surface area contributed by atoms with Gasteiger partial charge >= 0.3 is 0 Å². The van der Waals surface area contributed by atoms with Crippen molar-refractivity contribution in [3.8, 4) is 11.5 Å². The lowest BCUT2D eigenvalue weighted by Crippen LogP contribution is -2.12. The van der Waals surface area contributed by atoms with Crippen LogP contribution >= 0.6 is 15.9 Å². The van der Waals surface area contributed by atoms with E-state index in [1.54, 1.807) is 18.2 Å². The minimum Gasteiger partial charge on any atom is -0.455 e. The molecule has 202 valence electrons. The maximum absolute atomic E-state index is 13.2. The van der Waals surface area contributed by atoms with Crippen molar-refractivity contribution in [2.75, 3.05) is 22.5 Å². The second-order valence-corrected chi connectivity index (χ2v) is 10.4. The molecule has 0 spiro atoms. The van der Waals surface area contributed by atoms with Crippen LogP contribution in [0.15, 0.2) is 89.7 Å². The van der Waals surface area contributed by atoms with Crippen molar-refractivity contribution >= 4 is 55.8 Å². The highest BCUT2D eigenvalue weighted by Gasteiger charge is 2.15. The van der Waals surface area contributed by atoms with Crippen molar-refractivity contribution in [3.63, 3.8) is 0 Å². The molecule has 0 aliphatic carbocycles. The quantitative estimate of drug-likeness (QED) is 0.158. The Morgan fingerprint density at radius 2 is 1.68 bits per heavy atom. The molecular formula is C31H29BrN6O2. The van der Waals surface area contributed by atoms with E-state index in [1.165, 1.54) is 6.33 Å². The number of nitrogens with zero attached hydrogens (tertiary/aromatic N) is 3. The Kier molecular flexibility index (Phi) is 8.21. The van der Waals surface area contributed by atoms with Crippen molar-refractivity contribution in [2.24, 2.45) is 0 Å². The predicted molar refractivity (Wildman–Crippen MR) is 164 cm³/mol. The standard InChI is InChI=1S/C31H29BrN6O2/c1-4-33-22-10-12-24(13-11-22)40-28-16-5-20(31(39)36-23-8-6-21(32)7-9-23)17-27(28)38-30-25-14-15-26(19(2)3)37-29(25)34-18-35-30/h5-19,33H,4H2,1-3H3,(H,36,39)(H,34,35,37,38). The third kappa shape index (κ3) is 6.38. The van der Waals surface area contributed by atoms with Crippen molar-refractivity contribution in [2.45, 2.75) is 26.7 Å². The maximum Gasteiger partial charge on any atom is 0.255 e. The molecule has 0 bridgehead atoms. The van der Waals surface area contributed by atoms with Crippen molar-refractivity contribution in [1.29, 1.82) is 0 Å². The first-order valence-corrected chi connectivity index (χ1v) is 13.8. The number of nitrogens with one attached hydrogen (secondary N) is 3. The molecule has 3 aromatic carbocycles. The summed E-state index contributed by atoms with van der Waals surface area (Å²) in [6.45, 7) is 7.06. The topological polar surface area (TPSA) is 101 Å². The third-order valence-corrected chi connectivity index (χ3v) is 6.70. The van der Waals surface area contributed by atoms with Gasteiger partial charge < -0.3 is 20.7 Å². The second kappa shape index (κ2) is 12.1. The molecule has 40 heavy (non-hydrogen) atoms. The molecule has 0 atom stereocenters. The van der Waals surface area contributed by atoms with E-state index in [1.807, 2.05) is 67.6 Å². The van der Waals surface area contributed by atoms with E-state index in [2.05, 4.69) is 55.7 Å². The number of benzene rings is 3. The lowest BCUT2D eigenvalue weighted by atomic mass is 10.1. The summed E-state index contributed by atoms with van der Waals surface area (Å²) >= 11 is 3.42. The van der Waals surface area contributed by atoms with Gasteiger partial charge in [0, 0.05) is 33.6 Å². The van der Waals surface area contributed by atoms with E-state index in [0.717, 1.165) is 27.8 Å². The first-order valence-electron chi connectivity index (χ1n) is 13.0. The largest absolute Gasteiger partial charge is 0.455 e. The number of amides is 1. The highest BCUT2D eigenvalue weighted by atomic mass is 79.9. The van der Waals surface area contributed by atoms with Gasteiger partial charge in [0.05, 0.1) is 11.1 Å². The fraction of sp³-hybridized carbons (Fsp3) is 0.161. The molecular weight excluding hydrogens is 568 g/mol. The fourth-order valence-corrected chi connectivity index (χ4v) is 4.34. The molecule has 2 heterocycles. The van der Waals surface area contributed by atoms with E-state index in [-0.39, 0.29) is 11.8 Å². The van der Waals surface area contributed by atoms with Gasteiger partial charge in [0.2, 0.25) is 0 Å². The number of carbonyl (C=O) groups is 1. The van der Waals surface area contributed by atoms with Crippen LogP contribution in [0.2, 0.25) is 0 Å². The van der Waals surface area contributed by atoms with Gasteiger partial charge in [0.1, 0.15) is 17.9 Å². The normalized spacial score (nSPS) is 10.9. The smallest absolute Gasteiger partial charge is 0.255 e. The zero-order valence-corrected chi connectivity index (χ0v) is 24.0. The van der Waals surface area contributed by atoms with Gasteiger partial charge in [0.15, 0.2) is 11.4 Å². The Balaban J connectivity index is 1.49. The van der Waals surface area contributed by atoms with Crippen molar-refractivity contribution < 1.29 is 9.53 Å². The molecule has 0 fully saturated rings. The van der Waals surface area contributed by atoms with Crippen LogP contribution in [-0.4, -0.2) is 27.4 Å². The number of hydrogen-bond donors (Lipinski definition) is 3. The zero-order chi connectivity index (χ0) is 28.1. The van der Waals surface area contributed by atoms with Crippen molar-refractivity contribution in [1.82, 2.24) is 15.0 Å². The Labute approximate surface area is 241 Å². The van der Waals surface area contributed by atoms with E-state index < -0.39 is 0 Å². The summed E-state index contributed by atoms with van der Waals surface area (Å²) < 4.78 is 7.19. The molecule has 3 N–H and O–H groups in total. The summed E-state index contributed by atoms with van der Waals surface area (Å²) in [5.74, 6) is 1.78. The average molecular weight is 598 g/mol. The summed E-state index contributed by atoms with van der Waals surface area (Å²) in [7, 11) is 0. The van der Waals surface area contributed by atoms with Gasteiger partial charge in [0.25, 0.3) is 5.91 Å². The molecule has 0 saturated carbocycles. The second-order valence-electron chi connectivity index (χ2n) is 9.44. The van der Waals surface area contributed by atoms with Crippen LogP contribution in [-0.2, 0) is 0 Å². The van der Waals surface area contributed by atoms with Crippen LogP contribution in [0.3, 0.4) is 0 Å². The van der Waals surface area contributed by atoms with Crippen molar-refractivity contribution in [3.05, 3.63) is 101 Å². The summed E-state index contributed by atoms with van der Waals surface area (Å²) in [6.07, 6.45) is 1.48. The van der Waals surface area contributed by atoms with Crippen LogP contribution < -0.4 is 20.7 Å². The molecule has 0 saturated heterocycles. The number of halogens is 1. The van der Waals surface area contributed by atoms with Crippen LogP contribution in [0, 0.1) is 0 Å². The SMILES string of the molecule is CCNc1ccc(Oc2ccc(C(=O)Nc3ccc(Br)cc3)cc2Nc2ncnc3nc(C(C)C)ccc23)cc1. The number of fused-ring (bicyclic) bond motifs is 1. The number of aromatic nitrogens is 3. The number of rotatable bonds is 9. The van der Waals surface area contributed by atoms with Crippen LogP contribution in [0.5, 0.6) is 11.5 Å². The molecule has 0 radical (unpaired) electrons. The lowest BCUT2D eigenvalue weighted by molar-refractivity contribution is 0.102. The average Bonchev–Trinajstić information content (AvgIpc) is 2.96. The molecule has 0 aliphatic rings. The van der Waals surface area contributed by atoms with Gasteiger partial charge in [-0.05, 0) is 91.7 Å². The number of carbonyl (C=O) groups excluding carboxylic acids is 1. The van der Waals surface area contributed by atoms with Gasteiger partial charge in [-0.25, -0.2) is 15.0 Å². The molecule has 5 rings (SSSR count). The highest BCUT2D eigenvalue weighted by molar-refractivity contribution is 9.10. The molecule has 2 aromatic heterocycles. The predicted octanol–water partition coefficient (Wildman–Crippen LogP) is 8.13. The minimum absolute atomic E-state index is 0.247. The Hall–Kier alpha value is -4.50. The zero-order valence-electron chi connectivity index (χ0n) is 22.4. The summed E-state index contributed by atoms with van der Waals surface area (Å²) in [6, 6.07) is 24.3. The molecule has 1 amide bonds. The first-order chi connectivity index (χ1) is 19.4. The van der Waals surface area contributed by atoms with E-state index in [0.29, 0.717) is 39.9 Å². The fourth-order valence-electron chi connectivity index (χ4n) is 4.07. The summed E-state index contributed by atoms with van der Waals surface area (Å²) in [5, 5.41) is 10.3. The van der Waals surface area contributed by atoms with Gasteiger partial charge in [-0.15, -0.1) is 0 Å². The highest BCUT2D eigenvalue weighted by Crippen LogP contribution is 2.34. The van der Waals surface area contributed by atoms with Crippen LogP contribution in [0.1, 0.15) is 42.7 Å². The third-order valence-electron chi connectivity index (χ3n) is 6.17. The van der Waals surface area contributed by atoms with E-state index in [4.69, 9.17) is 9.72 Å². The van der Waals surface area contributed by atoms with Crippen LogP contribution in [0.25, 0.3) is 11.0 Å². The number of ether oxygens (including phenoxy) is 1. The Morgan fingerprint density at radius 3 is 2.40 bits per heavy atom. The van der Waals surface area contributed by atoms with Gasteiger partial charge in [-0.1, -0.05) is 29.8 Å². The molecule has 0 unspecified atom stereocenters. The lowest BCUT2D eigenvalue weighted by Gasteiger charge is -2.16. The molecule has 8 nitrogen and oxygen atoms in total. The Bertz CT molecular complexity index is 1640. The van der Waals surface area contributed by atoms with Crippen LogP contribution in [0.4, 0.5) is 22.9 Å². The number of pyridine rings is 1. The first kappa shape index (κ1) is 27.1. The monoisotopic (exact) mass is 596 g/mol. The van der Waals surface area contributed by atoms with E-state index >= 15 is 0 Å². The Morgan fingerprint density at radius 1 is 0.925 bits per heavy atom. The number of anilines is 4. The van der Waals surface area contributed by atoms with Gasteiger partial charge in [-0.2, -0.15) is 0 Å². The molecule has 9 heteroatoms. The maximum atomic E-state index is 13.2. The number of hydrogen-bond acceptors (Lipinski definition) is 7.